The zero-order valence-electron chi connectivity index (χ0n) is 13.5. The molecule has 0 spiro atoms. The van der Waals surface area contributed by atoms with E-state index in [1.54, 1.807) is 11.2 Å². The molecule has 2 aromatic rings. The van der Waals surface area contributed by atoms with Gasteiger partial charge < -0.3 is 15.1 Å². The van der Waals surface area contributed by atoms with Crippen LogP contribution < -0.4 is 5.73 Å². The van der Waals surface area contributed by atoms with Crippen molar-refractivity contribution in [1.82, 2.24) is 4.90 Å². The molecule has 0 radical (unpaired) electrons. The van der Waals surface area contributed by atoms with Crippen LogP contribution in [0.25, 0.3) is 11.0 Å². The van der Waals surface area contributed by atoms with E-state index in [0.717, 1.165) is 34.9 Å². The molecule has 0 bridgehead atoms. The van der Waals surface area contributed by atoms with Crippen LogP contribution in [0.5, 0.6) is 0 Å². The minimum absolute atomic E-state index is 0.0201. The van der Waals surface area contributed by atoms with Gasteiger partial charge in [0.1, 0.15) is 5.58 Å². The van der Waals surface area contributed by atoms with E-state index in [-0.39, 0.29) is 30.2 Å². The van der Waals surface area contributed by atoms with Crippen molar-refractivity contribution in [1.29, 1.82) is 0 Å². The molecule has 1 saturated heterocycles. The van der Waals surface area contributed by atoms with Gasteiger partial charge in [0.2, 0.25) is 11.8 Å². The molecule has 0 unspecified atom stereocenters. The van der Waals surface area contributed by atoms with E-state index in [2.05, 4.69) is 0 Å². The fraction of sp³-hybridized carbons (Fsp3) is 0.444. The summed E-state index contributed by atoms with van der Waals surface area (Å²) in [7, 11) is 0. The Hall–Kier alpha value is -2.30. The molecule has 2 heterocycles. The summed E-state index contributed by atoms with van der Waals surface area (Å²) in [5.41, 5.74) is 8.22. The van der Waals surface area contributed by atoms with Gasteiger partial charge >= 0.3 is 0 Å². The molecule has 0 aliphatic carbocycles. The van der Waals surface area contributed by atoms with Crippen LogP contribution in [-0.2, 0) is 16.0 Å². The molecule has 23 heavy (non-hydrogen) atoms. The zero-order valence-corrected chi connectivity index (χ0v) is 13.5. The number of primary amides is 1. The molecule has 0 saturated carbocycles. The molecule has 5 heteroatoms. The fourth-order valence-electron chi connectivity index (χ4n) is 3.28. The number of fused-ring (bicyclic) bond motifs is 1. The maximum absolute atomic E-state index is 12.7. The number of benzene rings is 1. The third-order valence-electron chi connectivity index (χ3n) is 4.76. The van der Waals surface area contributed by atoms with Gasteiger partial charge in [0.05, 0.1) is 18.6 Å². The Balaban J connectivity index is 1.78. The summed E-state index contributed by atoms with van der Waals surface area (Å²) in [5, 5.41) is 0.972. The van der Waals surface area contributed by atoms with Gasteiger partial charge in [-0.2, -0.15) is 0 Å². The van der Waals surface area contributed by atoms with Crippen molar-refractivity contribution in [2.75, 3.05) is 6.54 Å². The van der Waals surface area contributed by atoms with E-state index < -0.39 is 0 Å². The number of likely N-dealkylation sites (tertiary alicyclic amines) is 1. The number of carbonyl (C=O) groups excluding carboxylic acids is 2. The molecule has 1 aromatic carbocycles. The van der Waals surface area contributed by atoms with Crippen LogP contribution in [0.2, 0.25) is 0 Å². The lowest BCUT2D eigenvalue weighted by Gasteiger charge is -2.37. The number of furan rings is 1. The Bertz CT molecular complexity index is 750. The first-order chi connectivity index (χ1) is 11.0. The Labute approximate surface area is 135 Å². The molecule has 2 atom stereocenters. The van der Waals surface area contributed by atoms with Crippen molar-refractivity contribution in [2.45, 2.75) is 39.2 Å². The zero-order chi connectivity index (χ0) is 16.6. The smallest absolute Gasteiger partial charge is 0.227 e. The highest BCUT2D eigenvalue weighted by Gasteiger charge is 2.31. The number of hydrogen-bond donors (Lipinski definition) is 1. The second kappa shape index (κ2) is 6.07. The molecule has 1 aromatic heterocycles. The normalized spacial score (nSPS) is 21.6. The first kappa shape index (κ1) is 15.6. The summed E-state index contributed by atoms with van der Waals surface area (Å²) >= 11 is 0. The Morgan fingerprint density at radius 1 is 1.35 bits per heavy atom. The van der Waals surface area contributed by atoms with Crippen LogP contribution in [-0.4, -0.2) is 29.3 Å². The minimum Gasteiger partial charge on any atom is -0.464 e. The Kier molecular flexibility index (Phi) is 4.11. The van der Waals surface area contributed by atoms with Crippen molar-refractivity contribution < 1.29 is 14.0 Å². The first-order valence-corrected chi connectivity index (χ1v) is 8.01. The number of nitrogens with zero attached hydrogens (tertiary/aromatic N) is 1. The number of hydrogen-bond acceptors (Lipinski definition) is 3. The van der Waals surface area contributed by atoms with Crippen LogP contribution >= 0.6 is 0 Å². The SMILES string of the molecule is Cc1ccc2c(CC(=O)N3C[C@@H](C(N)=O)CC[C@@H]3C)coc2c1. The molecule has 122 valence electrons. The highest BCUT2D eigenvalue weighted by atomic mass is 16.3. The lowest BCUT2D eigenvalue weighted by atomic mass is 9.92. The van der Waals surface area contributed by atoms with Crippen LogP contribution in [0.4, 0.5) is 0 Å². The maximum atomic E-state index is 12.7. The van der Waals surface area contributed by atoms with E-state index in [4.69, 9.17) is 10.2 Å². The third-order valence-corrected chi connectivity index (χ3v) is 4.76. The third kappa shape index (κ3) is 3.09. The second-order valence-corrected chi connectivity index (χ2v) is 6.51. The van der Waals surface area contributed by atoms with Gasteiger partial charge in [0.15, 0.2) is 0 Å². The molecule has 3 rings (SSSR count). The molecule has 2 N–H and O–H groups in total. The van der Waals surface area contributed by atoms with E-state index >= 15 is 0 Å². The lowest BCUT2D eigenvalue weighted by molar-refractivity contribution is -0.136. The summed E-state index contributed by atoms with van der Waals surface area (Å²) < 4.78 is 5.56. The largest absolute Gasteiger partial charge is 0.464 e. The molecule has 2 amide bonds. The van der Waals surface area contributed by atoms with Crippen molar-refractivity contribution >= 4 is 22.8 Å². The molecular weight excluding hydrogens is 292 g/mol. The van der Waals surface area contributed by atoms with Crippen molar-refractivity contribution in [2.24, 2.45) is 11.7 Å². The topological polar surface area (TPSA) is 76.5 Å². The number of piperidine rings is 1. The molecule has 1 aliphatic rings. The number of nitrogens with two attached hydrogens (primary N) is 1. The van der Waals surface area contributed by atoms with Gasteiger partial charge in [0, 0.05) is 23.5 Å². The second-order valence-electron chi connectivity index (χ2n) is 6.51. The van der Waals surface area contributed by atoms with Gasteiger partial charge in [-0.05, 0) is 38.3 Å². The summed E-state index contributed by atoms with van der Waals surface area (Å²) in [5.74, 6) is -0.537. The maximum Gasteiger partial charge on any atom is 0.227 e. The van der Waals surface area contributed by atoms with Gasteiger partial charge in [-0.1, -0.05) is 12.1 Å². The van der Waals surface area contributed by atoms with Crippen LogP contribution in [0, 0.1) is 12.8 Å². The Morgan fingerprint density at radius 3 is 2.87 bits per heavy atom. The van der Waals surface area contributed by atoms with E-state index in [0.29, 0.717) is 6.54 Å². The van der Waals surface area contributed by atoms with Gasteiger partial charge in [-0.25, -0.2) is 0 Å². The predicted molar refractivity (Wildman–Crippen MR) is 87.7 cm³/mol. The monoisotopic (exact) mass is 314 g/mol. The van der Waals surface area contributed by atoms with Crippen LogP contribution in [0.3, 0.4) is 0 Å². The molecular formula is C18H22N2O3. The average molecular weight is 314 g/mol. The number of amides is 2. The number of carbonyl (C=O) groups is 2. The summed E-state index contributed by atoms with van der Waals surface area (Å²) in [6.45, 7) is 4.45. The average Bonchev–Trinajstić information content (AvgIpc) is 2.89. The lowest BCUT2D eigenvalue weighted by Crippen LogP contribution is -2.49. The minimum atomic E-state index is -0.320. The number of aryl methyl sites for hydroxylation is 1. The Morgan fingerprint density at radius 2 is 2.13 bits per heavy atom. The predicted octanol–water partition coefficient (Wildman–Crippen LogP) is 2.40. The van der Waals surface area contributed by atoms with Crippen molar-refractivity contribution in [3.8, 4) is 0 Å². The molecule has 1 aliphatic heterocycles. The molecule has 1 fully saturated rings. The van der Waals surface area contributed by atoms with Gasteiger partial charge in [-0.3, -0.25) is 9.59 Å². The van der Waals surface area contributed by atoms with Crippen molar-refractivity contribution in [3.05, 3.63) is 35.6 Å². The van der Waals surface area contributed by atoms with E-state index in [9.17, 15) is 9.59 Å². The summed E-state index contributed by atoms with van der Waals surface area (Å²) in [6, 6.07) is 6.11. The van der Waals surface area contributed by atoms with E-state index in [1.807, 2.05) is 32.0 Å². The van der Waals surface area contributed by atoms with E-state index in [1.165, 1.54) is 0 Å². The van der Waals surface area contributed by atoms with Gasteiger partial charge in [0.25, 0.3) is 0 Å². The highest BCUT2D eigenvalue weighted by Crippen LogP contribution is 2.26. The quantitative estimate of drug-likeness (QED) is 0.945. The number of rotatable bonds is 3. The summed E-state index contributed by atoms with van der Waals surface area (Å²) in [6.07, 6.45) is 3.51. The van der Waals surface area contributed by atoms with Crippen molar-refractivity contribution in [3.63, 3.8) is 0 Å². The highest BCUT2D eigenvalue weighted by molar-refractivity contribution is 5.88. The van der Waals surface area contributed by atoms with Crippen LogP contribution in [0.15, 0.2) is 28.9 Å². The van der Waals surface area contributed by atoms with Gasteiger partial charge in [-0.15, -0.1) is 0 Å². The standard InChI is InChI=1S/C18H22N2O3/c1-11-3-6-15-14(10-23-16(15)7-11)8-17(21)20-9-13(18(19)22)5-4-12(20)2/h3,6-7,10,12-13H,4-5,8-9H2,1-2H3,(H2,19,22)/t12-,13-/m0/s1. The van der Waals surface area contributed by atoms with Crippen LogP contribution in [0.1, 0.15) is 30.9 Å². The fourth-order valence-corrected chi connectivity index (χ4v) is 3.28. The first-order valence-electron chi connectivity index (χ1n) is 8.01. The molecule has 5 nitrogen and oxygen atoms in total. The summed E-state index contributed by atoms with van der Waals surface area (Å²) in [4.78, 5) is 25.9.